The third-order valence-electron chi connectivity index (χ3n) is 3.89. The highest BCUT2D eigenvalue weighted by Gasteiger charge is 2.22. The lowest BCUT2D eigenvalue weighted by Crippen LogP contribution is -2.36. The van der Waals surface area contributed by atoms with Gasteiger partial charge in [-0.3, -0.25) is 4.48 Å². The smallest absolute Gasteiger partial charge is 0.410 e. The Balaban J connectivity index is 3.25. The molecule has 0 unspecified atom stereocenters. The molecule has 1 rings (SSSR count). The maximum Gasteiger partial charge on any atom is 0.415 e. The third kappa shape index (κ3) is 4.23. The SMILES string of the molecule is CCN(CC)C(=O)Oc1cc(C)c([N+](C)(C)C)cc1C(C)C. The lowest BCUT2D eigenvalue weighted by atomic mass is 9.98. The van der Waals surface area contributed by atoms with Gasteiger partial charge in [-0.1, -0.05) is 13.8 Å². The molecule has 1 aromatic rings. The van der Waals surface area contributed by atoms with Crippen molar-refractivity contribution in [2.75, 3.05) is 34.2 Å². The molecule has 0 atom stereocenters. The number of aryl methyl sites for hydroxylation is 1. The lowest BCUT2D eigenvalue weighted by molar-refractivity contribution is 0.156. The summed E-state index contributed by atoms with van der Waals surface area (Å²) in [6, 6.07) is 4.17. The number of ether oxygens (including phenoxy) is 1. The fourth-order valence-corrected chi connectivity index (χ4v) is 2.59. The third-order valence-corrected chi connectivity index (χ3v) is 3.89. The molecule has 4 heteroatoms. The molecule has 22 heavy (non-hydrogen) atoms. The molecule has 0 fully saturated rings. The van der Waals surface area contributed by atoms with Crippen molar-refractivity contribution in [3.05, 3.63) is 23.3 Å². The second-order valence-corrected chi connectivity index (χ2v) is 6.88. The van der Waals surface area contributed by atoms with Crippen molar-refractivity contribution in [2.45, 2.75) is 40.5 Å². The van der Waals surface area contributed by atoms with Gasteiger partial charge in [0.05, 0.1) is 21.1 Å². The zero-order valence-electron chi connectivity index (χ0n) is 15.4. The number of hydrogen-bond acceptors (Lipinski definition) is 2. The van der Waals surface area contributed by atoms with Crippen molar-refractivity contribution in [1.82, 2.24) is 9.38 Å². The Kier molecular flexibility index (Phi) is 6.00. The quantitative estimate of drug-likeness (QED) is 0.765. The fraction of sp³-hybridized carbons (Fsp3) is 0.611. The lowest BCUT2D eigenvalue weighted by Gasteiger charge is -2.27. The standard InChI is InChI=1S/C18H31N2O2/c1-9-19(10-2)18(21)22-17-11-14(5)16(20(6,7)8)12-15(17)13(3)4/h11-13H,9-10H2,1-8H3/q+1. The predicted molar refractivity (Wildman–Crippen MR) is 93.8 cm³/mol. The number of rotatable bonds is 5. The van der Waals surface area contributed by atoms with Gasteiger partial charge in [0.1, 0.15) is 11.4 Å². The van der Waals surface area contributed by atoms with E-state index in [0.717, 1.165) is 15.6 Å². The highest BCUT2D eigenvalue weighted by atomic mass is 16.6. The van der Waals surface area contributed by atoms with E-state index in [-0.39, 0.29) is 6.09 Å². The Labute approximate surface area is 135 Å². The van der Waals surface area contributed by atoms with E-state index in [4.69, 9.17) is 4.74 Å². The van der Waals surface area contributed by atoms with Gasteiger partial charge < -0.3 is 9.64 Å². The molecule has 0 aliphatic carbocycles. The highest BCUT2D eigenvalue weighted by Crippen LogP contribution is 2.35. The monoisotopic (exact) mass is 307 g/mol. The summed E-state index contributed by atoms with van der Waals surface area (Å²) in [7, 11) is 6.44. The van der Waals surface area contributed by atoms with Crippen LogP contribution in [0.2, 0.25) is 0 Å². The van der Waals surface area contributed by atoms with E-state index in [9.17, 15) is 4.79 Å². The number of nitrogens with zero attached hydrogens (tertiary/aromatic N) is 2. The fourth-order valence-electron chi connectivity index (χ4n) is 2.59. The van der Waals surface area contributed by atoms with Crippen LogP contribution in [-0.4, -0.2) is 45.2 Å². The molecular formula is C18H31N2O2+. The van der Waals surface area contributed by atoms with Gasteiger partial charge in [0, 0.05) is 30.3 Å². The Bertz CT molecular complexity index is 527. The Hall–Kier alpha value is -1.55. The van der Waals surface area contributed by atoms with Crippen LogP contribution < -0.4 is 9.22 Å². The van der Waals surface area contributed by atoms with Crippen molar-refractivity contribution in [2.24, 2.45) is 0 Å². The van der Waals surface area contributed by atoms with E-state index in [1.165, 1.54) is 5.69 Å². The van der Waals surface area contributed by atoms with Crippen molar-refractivity contribution in [3.8, 4) is 5.75 Å². The Morgan fingerprint density at radius 1 is 1.18 bits per heavy atom. The van der Waals surface area contributed by atoms with Crippen molar-refractivity contribution < 1.29 is 9.53 Å². The first kappa shape index (κ1) is 18.5. The van der Waals surface area contributed by atoms with Crippen LogP contribution >= 0.6 is 0 Å². The number of carbonyl (C=O) groups excluding carboxylic acids is 1. The molecule has 0 N–H and O–H groups in total. The first-order valence-electron chi connectivity index (χ1n) is 8.05. The normalized spacial score (nSPS) is 11.7. The van der Waals surface area contributed by atoms with E-state index in [1.807, 2.05) is 19.9 Å². The van der Waals surface area contributed by atoms with Crippen LogP contribution in [0.15, 0.2) is 12.1 Å². The average molecular weight is 307 g/mol. The minimum Gasteiger partial charge on any atom is -0.410 e. The van der Waals surface area contributed by atoms with Gasteiger partial charge in [0.25, 0.3) is 0 Å². The van der Waals surface area contributed by atoms with Crippen LogP contribution in [0.4, 0.5) is 10.5 Å². The molecule has 0 saturated carbocycles. The molecule has 1 aromatic carbocycles. The summed E-state index contributed by atoms with van der Waals surface area (Å²) < 4.78 is 6.43. The van der Waals surface area contributed by atoms with Gasteiger partial charge >= 0.3 is 6.09 Å². The second kappa shape index (κ2) is 7.14. The van der Waals surface area contributed by atoms with E-state index in [2.05, 4.69) is 48.0 Å². The molecule has 0 saturated heterocycles. The van der Waals surface area contributed by atoms with E-state index in [0.29, 0.717) is 24.8 Å². The van der Waals surface area contributed by atoms with Crippen LogP contribution in [0.5, 0.6) is 5.75 Å². The van der Waals surface area contributed by atoms with Gasteiger partial charge in [-0.15, -0.1) is 0 Å². The minimum atomic E-state index is -0.274. The number of carbonyl (C=O) groups is 1. The van der Waals surface area contributed by atoms with E-state index >= 15 is 0 Å². The van der Waals surface area contributed by atoms with Crippen LogP contribution in [0.25, 0.3) is 0 Å². The molecule has 0 heterocycles. The van der Waals surface area contributed by atoms with Crippen LogP contribution in [0.3, 0.4) is 0 Å². The minimum absolute atomic E-state index is 0.274. The molecule has 0 aliphatic rings. The maximum atomic E-state index is 12.2. The molecular weight excluding hydrogens is 276 g/mol. The predicted octanol–water partition coefficient (Wildman–Crippen LogP) is 4.16. The van der Waals surface area contributed by atoms with Crippen LogP contribution in [0, 0.1) is 6.92 Å². The highest BCUT2D eigenvalue weighted by molar-refractivity contribution is 5.72. The van der Waals surface area contributed by atoms with E-state index in [1.54, 1.807) is 4.90 Å². The summed E-state index contributed by atoms with van der Waals surface area (Å²) in [5.41, 5.74) is 3.46. The van der Waals surface area contributed by atoms with E-state index < -0.39 is 0 Å². The topological polar surface area (TPSA) is 29.5 Å². The van der Waals surface area contributed by atoms with Crippen molar-refractivity contribution in [1.29, 1.82) is 0 Å². The van der Waals surface area contributed by atoms with Crippen molar-refractivity contribution >= 4 is 11.8 Å². The first-order valence-corrected chi connectivity index (χ1v) is 8.05. The van der Waals surface area contributed by atoms with Gasteiger partial charge in [0.15, 0.2) is 0 Å². The second-order valence-electron chi connectivity index (χ2n) is 6.88. The average Bonchev–Trinajstić information content (AvgIpc) is 2.38. The van der Waals surface area contributed by atoms with Crippen LogP contribution in [-0.2, 0) is 0 Å². The van der Waals surface area contributed by atoms with Gasteiger partial charge in [-0.05, 0) is 32.8 Å². The molecule has 0 bridgehead atoms. The summed E-state index contributed by atoms with van der Waals surface area (Å²) in [5, 5.41) is 0. The van der Waals surface area contributed by atoms with Gasteiger partial charge in [-0.2, -0.15) is 0 Å². The summed E-state index contributed by atoms with van der Waals surface area (Å²) in [6.07, 6.45) is -0.274. The zero-order chi connectivity index (χ0) is 17.1. The summed E-state index contributed by atoms with van der Waals surface area (Å²) in [4.78, 5) is 13.9. The van der Waals surface area contributed by atoms with Crippen LogP contribution in [0.1, 0.15) is 44.7 Å². The maximum absolute atomic E-state index is 12.2. The Morgan fingerprint density at radius 3 is 2.14 bits per heavy atom. The number of benzene rings is 1. The van der Waals surface area contributed by atoms with Gasteiger partial charge in [-0.25, -0.2) is 4.79 Å². The van der Waals surface area contributed by atoms with Gasteiger partial charge in [0.2, 0.25) is 0 Å². The molecule has 1 amide bonds. The molecule has 0 radical (unpaired) electrons. The molecule has 0 aliphatic heterocycles. The number of quaternary nitrogens is 1. The van der Waals surface area contributed by atoms with Crippen molar-refractivity contribution in [3.63, 3.8) is 0 Å². The Morgan fingerprint density at radius 2 is 1.73 bits per heavy atom. The first-order chi connectivity index (χ1) is 10.1. The number of hydrogen-bond donors (Lipinski definition) is 0. The molecule has 0 aromatic heterocycles. The summed E-state index contributed by atoms with van der Waals surface area (Å²) in [6.45, 7) is 11.5. The molecule has 4 nitrogen and oxygen atoms in total. The molecule has 124 valence electrons. The number of amides is 1. The molecule has 0 spiro atoms. The largest absolute Gasteiger partial charge is 0.415 e. The summed E-state index contributed by atoms with van der Waals surface area (Å²) >= 11 is 0. The zero-order valence-corrected chi connectivity index (χ0v) is 15.4. The summed E-state index contributed by atoms with van der Waals surface area (Å²) in [5.74, 6) is 0.979.